The van der Waals surface area contributed by atoms with E-state index in [2.05, 4.69) is 18.8 Å². The summed E-state index contributed by atoms with van der Waals surface area (Å²) >= 11 is 0. The zero-order chi connectivity index (χ0) is 10.1. The van der Waals surface area contributed by atoms with Gasteiger partial charge in [0.05, 0.1) is 17.5 Å². The van der Waals surface area contributed by atoms with Gasteiger partial charge in [-0.05, 0) is 23.2 Å². The molecule has 0 bridgehead atoms. The number of ether oxygens (including phenoxy) is 2. The van der Waals surface area contributed by atoms with Crippen molar-refractivity contribution >= 4 is 26.9 Å². The molecule has 0 heterocycles. The molecule has 0 aliphatic carbocycles. The fourth-order valence-corrected chi connectivity index (χ4v) is 1.86. The van der Waals surface area contributed by atoms with Crippen molar-refractivity contribution in [1.29, 1.82) is 0 Å². The summed E-state index contributed by atoms with van der Waals surface area (Å²) in [5.74, 6) is 0. The van der Waals surface area contributed by atoms with Gasteiger partial charge >= 0.3 is 0 Å². The van der Waals surface area contributed by atoms with Crippen LogP contribution < -0.4 is 4.86 Å². The molecule has 78 valence electrons. The molecule has 0 aromatic heterocycles. The minimum absolute atomic E-state index is 0.170. The molecule has 4 atom stereocenters. The number of hydrogen-bond donors (Lipinski definition) is 1. The van der Waals surface area contributed by atoms with Crippen molar-refractivity contribution in [3.8, 4) is 0 Å². The Morgan fingerprint density at radius 3 is 2.69 bits per heavy atom. The molecule has 0 amide bonds. The van der Waals surface area contributed by atoms with E-state index in [1.54, 1.807) is 7.11 Å². The average Bonchev–Trinajstić information content (AvgIpc) is 2.12. The minimum atomic E-state index is -0.277. The largest absolute Gasteiger partial charge is 0.356 e. The molecule has 0 aliphatic heterocycles. The third-order valence-electron chi connectivity index (χ3n) is 1.09. The second-order valence-corrected chi connectivity index (χ2v) is 4.51. The van der Waals surface area contributed by atoms with E-state index in [4.69, 9.17) is 14.0 Å². The van der Waals surface area contributed by atoms with Crippen molar-refractivity contribution < 1.29 is 14.0 Å². The molecule has 8 heteroatoms. The van der Waals surface area contributed by atoms with E-state index in [-0.39, 0.29) is 21.5 Å². The highest BCUT2D eigenvalue weighted by atomic mass is 31.1. The first kappa shape index (κ1) is 13.8. The molecule has 0 spiro atoms. The van der Waals surface area contributed by atoms with Gasteiger partial charge in [-0.2, -0.15) is 0 Å². The van der Waals surface area contributed by atoms with Crippen molar-refractivity contribution in [3.05, 3.63) is 0 Å². The number of nitrogens with zero attached hydrogens (tertiary/aromatic N) is 1. The predicted molar refractivity (Wildman–Crippen MR) is 58.6 cm³/mol. The highest BCUT2D eigenvalue weighted by molar-refractivity contribution is 7.46. The van der Waals surface area contributed by atoms with Gasteiger partial charge < -0.3 is 14.0 Å². The lowest BCUT2D eigenvalue weighted by molar-refractivity contribution is -0.190. The average molecular weight is 244 g/mol. The van der Waals surface area contributed by atoms with Crippen LogP contribution in [0.2, 0.25) is 0 Å². The van der Waals surface area contributed by atoms with Crippen LogP contribution in [0.5, 0.6) is 0 Å². The first-order valence-electron chi connectivity index (χ1n) is 3.64. The lowest BCUT2D eigenvalue weighted by Crippen LogP contribution is -2.19. The SMILES string of the molecule is COC(C)OC(C)OPNP=NP. The summed E-state index contributed by atoms with van der Waals surface area (Å²) in [5.41, 5.74) is 0. The lowest BCUT2D eigenvalue weighted by atomic mass is 10.7. The number of nitrogens with one attached hydrogen (secondary N) is 1. The van der Waals surface area contributed by atoms with E-state index < -0.39 is 0 Å². The predicted octanol–water partition coefficient (Wildman–Crippen LogP) is 2.29. The lowest BCUT2D eigenvalue weighted by Gasteiger charge is -2.17. The zero-order valence-electron chi connectivity index (χ0n) is 7.85. The summed E-state index contributed by atoms with van der Waals surface area (Å²) in [6.07, 6.45) is -0.524. The Balaban J connectivity index is 3.34. The fourth-order valence-electron chi connectivity index (χ4n) is 0.512. The Morgan fingerprint density at radius 1 is 1.46 bits per heavy atom. The number of hydrogen-bond acceptors (Lipinski definition) is 4. The van der Waals surface area contributed by atoms with E-state index in [1.165, 1.54) is 0 Å². The van der Waals surface area contributed by atoms with E-state index in [0.717, 1.165) is 8.52 Å². The Hall–Kier alpha value is 0.800. The summed E-state index contributed by atoms with van der Waals surface area (Å²) in [6.45, 7) is 3.63. The molecule has 0 saturated heterocycles. The van der Waals surface area contributed by atoms with Crippen LogP contribution in [0.15, 0.2) is 4.52 Å². The molecule has 1 N–H and O–H groups in total. The van der Waals surface area contributed by atoms with E-state index in [0.29, 0.717) is 0 Å². The van der Waals surface area contributed by atoms with E-state index >= 15 is 0 Å². The van der Waals surface area contributed by atoms with Gasteiger partial charge in [-0.3, -0.25) is 0 Å². The highest BCUT2D eigenvalue weighted by Crippen LogP contribution is 2.17. The van der Waals surface area contributed by atoms with Crippen LogP contribution in [0.25, 0.3) is 0 Å². The first-order valence-corrected chi connectivity index (χ1v) is 5.91. The maximum Gasteiger partial charge on any atom is 0.163 e. The zero-order valence-corrected chi connectivity index (χ0v) is 10.9. The van der Waals surface area contributed by atoms with Gasteiger partial charge in [-0.15, -0.1) is 0 Å². The molecule has 13 heavy (non-hydrogen) atoms. The summed E-state index contributed by atoms with van der Waals surface area (Å²) in [5, 5.41) is 0. The molecular weight excluding hydrogens is 229 g/mol. The molecule has 0 rings (SSSR count). The highest BCUT2D eigenvalue weighted by Gasteiger charge is 2.06. The third-order valence-corrected chi connectivity index (χ3v) is 2.77. The molecule has 5 nitrogen and oxygen atoms in total. The van der Waals surface area contributed by atoms with Crippen LogP contribution in [0.1, 0.15) is 13.8 Å². The maximum absolute atomic E-state index is 5.26. The summed E-state index contributed by atoms with van der Waals surface area (Å²) in [6, 6.07) is 0. The smallest absolute Gasteiger partial charge is 0.163 e. The molecular formula is C5H15N2O3P3. The fraction of sp³-hybridized carbons (Fsp3) is 1.00. The van der Waals surface area contributed by atoms with Crippen LogP contribution in [-0.2, 0) is 14.0 Å². The Bertz CT molecular complexity index is 149. The van der Waals surface area contributed by atoms with Gasteiger partial charge in [0, 0.05) is 7.11 Å². The summed E-state index contributed by atoms with van der Waals surface area (Å²) in [7, 11) is 4.79. The Kier molecular flexibility index (Phi) is 9.93. The molecule has 0 aliphatic rings. The van der Waals surface area contributed by atoms with Gasteiger partial charge in [0.15, 0.2) is 12.6 Å². The standard InChI is InChI=1S/C5H15N2O3P3/c1-4(8-3)9-5(2)10-13-7-12-6-11/h4-5,13H,11H2,1-3H3,(H,6,7). The first-order chi connectivity index (χ1) is 6.20. The van der Waals surface area contributed by atoms with Crippen molar-refractivity contribution in [2.75, 3.05) is 7.11 Å². The molecule has 4 unspecified atom stereocenters. The van der Waals surface area contributed by atoms with E-state index in [1.807, 2.05) is 13.8 Å². The molecule has 0 fully saturated rings. The second-order valence-electron chi connectivity index (χ2n) is 2.05. The van der Waals surface area contributed by atoms with Gasteiger partial charge in [-0.25, -0.2) is 9.37 Å². The van der Waals surface area contributed by atoms with Gasteiger partial charge in [0.25, 0.3) is 0 Å². The maximum atomic E-state index is 5.26. The monoisotopic (exact) mass is 244 g/mol. The second kappa shape index (κ2) is 9.36. The Morgan fingerprint density at radius 2 is 2.15 bits per heavy atom. The van der Waals surface area contributed by atoms with Crippen molar-refractivity contribution in [1.82, 2.24) is 4.86 Å². The summed E-state index contributed by atoms with van der Waals surface area (Å²) < 4.78 is 19.2. The van der Waals surface area contributed by atoms with Crippen molar-refractivity contribution in [3.63, 3.8) is 0 Å². The van der Waals surface area contributed by atoms with Crippen LogP contribution in [0.4, 0.5) is 0 Å². The van der Waals surface area contributed by atoms with Crippen LogP contribution in [0.3, 0.4) is 0 Å². The molecule has 0 aromatic carbocycles. The van der Waals surface area contributed by atoms with Crippen molar-refractivity contribution in [2.24, 2.45) is 4.52 Å². The normalized spacial score (nSPS) is 17.2. The van der Waals surface area contributed by atoms with Crippen molar-refractivity contribution in [2.45, 2.75) is 26.4 Å². The van der Waals surface area contributed by atoms with Crippen LogP contribution in [0, 0.1) is 0 Å². The number of methoxy groups -OCH3 is 1. The van der Waals surface area contributed by atoms with Crippen LogP contribution in [-0.4, -0.2) is 19.7 Å². The number of rotatable bonds is 7. The third kappa shape index (κ3) is 9.11. The topological polar surface area (TPSA) is 52.1 Å². The summed E-state index contributed by atoms with van der Waals surface area (Å²) in [4.78, 5) is 2.93. The molecule has 0 aromatic rings. The minimum Gasteiger partial charge on any atom is -0.356 e. The quantitative estimate of drug-likeness (QED) is 0.424. The van der Waals surface area contributed by atoms with E-state index in [9.17, 15) is 0 Å². The van der Waals surface area contributed by atoms with Gasteiger partial charge in [0.2, 0.25) is 0 Å². The van der Waals surface area contributed by atoms with Crippen LogP contribution >= 0.6 is 26.9 Å². The Labute approximate surface area is 84.4 Å². The molecule has 0 saturated carbocycles. The van der Waals surface area contributed by atoms with Gasteiger partial charge in [-0.1, -0.05) is 0 Å². The molecule has 0 radical (unpaired) electrons. The van der Waals surface area contributed by atoms with Gasteiger partial charge in [0.1, 0.15) is 0 Å².